The molecule has 0 aliphatic rings. The summed E-state index contributed by atoms with van der Waals surface area (Å²) in [6.45, 7) is 0.809. The minimum absolute atomic E-state index is 0.0259. The van der Waals surface area contributed by atoms with Crippen LogP contribution in [0.25, 0.3) is 0 Å². The highest BCUT2D eigenvalue weighted by Crippen LogP contribution is 2.26. The Kier molecular flexibility index (Phi) is 4.91. The quantitative estimate of drug-likeness (QED) is 0.264. The molecule has 0 radical (unpaired) electrons. The van der Waals surface area contributed by atoms with Crippen molar-refractivity contribution in [2.75, 3.05) is 26.4 Å². The van der Waals surface area contributed by atoms with E-state index < -0.39 is 4.92 Å². The Labute approximate surface area is 102 Å². The molecule has 1 aromatic rings. The Morgan fingerprint density at radius 2 is 2.31 bits per heavy atom. The van der Waals surface area contributed by atoms with Gasteiger partial charge in [0, 0.05) is 12.3 Å². The highest BCUT2D eigenvalue weighted by molar-refractivity contribution is 7.99. The largest absolute Gasteiger partial charge is 0.319 e. The van der Waals surface area contributed by atoms with Gasteiger partial charge in [-0.05, 0) is 25.7 Å². The Balaban J connectivity index is 2.76. The average molecular weight is 263 g/mol. The zero-order valence-electron chi connectivity index (χ0n) is 8.88. The summed E-state index contributed by atoms with van der Waals surface area (Å²) in [6.07, 6.45) is 1.13. The Hall–Kier alpha value is -0.920. The molecule has 1 heterocycles. The molecule has 88 valence electrons. The summed E-state index contributed by atoms with van der Waals surface area (Å²) in [6, 6.07) is 0. The zero-order valence-corrected chi connectivity index (χ0v) is 10.5. The molecule has 1 rings (SSSR count). The van der Waals surface area contributed by atoms with Crippen LogP contribution in [-0.2, 0) is 0 Å². The van der Waals surface area contributed by atoms with Crippen LogP contribution in [0.2, 0.25) is 5.28 Å². The van der Waals surface area contributed by atoms with Crippen LogP contribution in [-0.4, -0.2) is 46.2 Å². The summed E-state index contributed by atoms with van der Waals surface area (Å²) in [5.41, 5.74) is -0.104. The summed E-state index contributed by atoms with van der Waals surface area (Å²) in [7, 11) is 3.86. The summed E-state index contributed by atoms with van der Waals surface area (Å²) in [4.78, 5) is 19.6. The van der Waals surface area contributed by atoms with E-state index in [0.717, 1.165) is 12.7 Å². The molecular formula is C8H11ClN4O2S. The van der Waals surface area contributed by atoms with Crippen molar-refractivity contribution in [3.05, 3.63) is 21.6 Å². The lowest BCUT2D eigenvalue weighted by Gasteiger charge is -2.08. The van der Waals surface area contributed by atoms with E-state index in [2.05, 4.69) is 9.97 Å². The van der Waals surface area contributed by atoms with E-state index in [-0.39, 0.29) is 11.0 Å². The van der Waals surface area contributed by atoms with Crippen molar-refractivity contribution in [3.63, 3.8) is 0 Å². The maximum Gasteiger partial charge on any atom is 0.319 e. The third kappa shape index (κ3) is 3.92. The summed E-state index contributed by atoms with van der Waals surface area (Å²) < 4.78 is 0. The fourth-order valence-corrected chi connectivity index (χ4v) is 2.16. The third-order valence-corrected chi connectivity index (χ3v) is 2.82. The van der Waals surface area contributed by atoms with Crippen molar-refractivity contribution in [2.45, 2.75) is 5.03 Å². The number of rotatable bonds is 5. The molecular weight excluding hydrogens is 252 g/mol. The van der Waals surface area contributed by atoms with E-state index in [0.29, 0.717) is 10.8 Å². The first-order valence-electron chi connectivity index (χ1n) is 4.45. The van der Waals surface area contributed by atoms with Crippen LogP contribution in [0.3, 0.4) is 0 Å². The molecule has 0 N–H and O–H groups in total. The lowest BCUT2D eigenvalue weighted by Crippen LogP contribution is -2.15. The molecule has 0 aliphatic heterocycles. The van der Waals surface area contributed by atoms with Gasteiger partial charge in [0.05, 0.1) is 4.92 Å². The number of halogens is 1. The molecule has 8 heteroatoms. The van der Waals surface area contributed by atoms with Crippen molar-refractivity contribution in [1.29, 1.82) is 0 Å². The van der Waals surface area contributed by atoms with Gasteiger partial charge in [0.15, 0.2) is 5.03 Å². The van der Waals surface area contributed by atoms with Crippen molar-refractivity contribution in [1.82, 2.24) is 14.9 Å². The monoisotopic (exact) mass is 262 g/mol. The van der Waals surface area contributed by atoms with Crippen LogP contribution in [0.5, 0.6) is 0 Å². The number of nitrogens with zero attached hydrogens (tertiary/aromatic N) is 4. The van der Waals surface area contributed by atoms with E-state index in [1.807, 2.05) is 19.0 Å². The molecule has 0 aromatic carbocycles. The summed E-state index contributed by atoms with van der Waals surface area (Å²) in [5.74, 6) is 0.710. The number of hydrogen-bond donors (Lipinski definition) is 0. The van der Waals surface area contributed by atoms with Gasteiger partial charge in [-0.3, -0.25) is 10.1 Å². The van der Waals surface area contributed by atoms with Crippen LogP contribution in [0.1, 0.15) is 0 Å². The van der Waals surface area contributed by atoms with Crippen LogP contribution >= 0.6 is 23.4 Å². The molecule has 6 nitrogen and oxygen atoms in total. The molecule has 0 aliphatic carbocycles. The molecule has 0 saturated carbocycles. The zero-order chi connectivity index (χ0) is 12.1. The lowest BCUT2D eigenvalue weighted by molar-refractivity contribution is -0.388. The van der Waals surface area contributed by atoms with E-state index >= 15 is 0 Å². The maximum atomic E-state index is 10.7. The van der Waals surface area contributed by atoms with Gasteiger partial charge in [0.2, 0.25) is 5.28 Å². The Bertz CT molecular complexity index is 388. The second kappa shape index (κ2) is 5.97. The molecule has 16 heavy (non-hydrogen) atoms. The third-order valence-electron chi connectivity index (χ3n) is 1.68. The lowest BCUT2D eigenvalue weighted by atomic mass is 10.6. The van der Waals surface area contributed by atoms with Crippen LogP contribution in [0.4, 0.5) is 5.69 Å². The van der Waals surface area contributed by atoms with Crippen molar-refractivity contribution in [3.8, 4) is 0 Å². The first kappa shape index (κ1) is 13.1. The minimum atomic E-state index is -0.506. The second-order valence-electron chi connectivity index (χ2n) is 3.24. The highest BCUT2D eigenvalue weighted by atomic mass is 35.5. The van der Waals surface area contributed by atoms with Gasteiger partial charge >= 0.3 is 5.69 Å². The normalized spacial score (nSPS) is 10.8. The molecule has 0 amide bonds. The van der Waals surface area contributed by atoms with Gasteiger partial charge in [-0.1, -0.05) is 11.8 Å². The van der Waals surface area contributed by atoms with Gasteiger partial charge in [0.1, 0.15) is 6.20 Å². The fourth-order valence-electron chi connectivity index (χ4n) is 0.896. The number of thioether (sulfide) groups is 1. The second-order valence-corrected chi connectivity index (χ2v) is 4.66. The molecule has 0 atom stereocenters. The summed E-state index contributed by atoms with van der Waals surface area (Å²) in [5, 5.41) is 11.0. The molecule has 0 fully saturated rings. The first-order chi connectivity index (χ1) is 7.50. The summed E-state index contributed by atoms with van der Waals surface area (Å²) >= 11 is 6.89. The van der Waals surface area contributed by atoms with E-state index in [1.54, 1.807) is 0 Å². The van der Waals surface area contributed by atoms with E-state index in [9.17, 15) is 10.1 Å². The number of nitro groups is 1. The fraction of sp³-hybridized carbons (Fsp3) is 0.500. The Morgan fingerprint density at radius 1 is 1.62 bits per heavy atom. The molecule has 1 aromatic heterocycles. The molecule has 0 unspecified atom stereocenters. The molecule has 0 bridgehead atoms. The van der Waals surface area contributed by atoms with Gasteiger partial charge in [-0.2, -0.15) is 0 Å². The SMILES string of the molecule is CN(C)CCSc1nc(Cl)ncc1[N+](=O)[O-]. The van der Waals surface area contributed by atoms with E-state index in [1.165, 1.54) is 11.8 Å². The maximum absolute atomic E-state index is 10.7. The standard InChI is InChI=1S/C8H11ClN4O2S/c1-12(2)3-4-16-7-6(13(14)15)5-10-8(9)11-7/h5H,3-4H2,1-2H3. The Morgan fingerprint density at radius 3 is 2.88 bits per heavy atom. The smallest absolute Gasteiger partial charge is 0.309 e. The van der Waals surface area contributed by atoms with Gasteiger partial charge in [-0.15, -0.1) is 0 Å². The van der Waals surface area contributed by atoms with Gasteiger partial charge in [-0.25, -0.2) is 9.97 Å². The van der Waals surface area contributed by atoms with Gasteiger partial charge in [0.25, 0.3) is 0 Å². The predicted molar refractivity (Wildman–Crippen MR) is 63.0 cm³/mol. The van der Waals surface area contributed by atoms with Gasteiger partial charge < -0.3 is 4.90 Å². The minimum Gasteiger partial charge on any atom is -0.309 e. The number of hydrogen-bond acceptors (Lipinski definition) is 6. The van der Waals surface area contributed by atoms with Crippen molar-refractivity contribution in [2.24, 2.45) is 0 Å². The topological polar surface area (TPSA) is 72.2 Å². The van der Waals surface area contributed by atoms with Crippen molar-refractivity contribution >= 4 is 29.1 Å². The molecule has 0 spiro atoms. The van der Waals surface area contributed by atoms with E-state index in [4.69, 9.17) is 11.6 Å². The predicted octanol–water partition coefficient (Wildman–Crippen LogP) is 1.69. The molecule has 0 saturated heterocycles. The number of aromatic nitrogens is 2. The highest BCUT2D eigenvalue weighted by Gasteiger charge is 2.16. The van der Waals surface area contributed by atoms with Crippen LogP contribution in [0, 0.1) is 10.1 Å². The average Bonchev–Trinajstić information content (AvgIpc) is 2.16. The van der Waals surface area contributed by atoms with Crippen molar-refractivity contribution < 1.29 is 4.92 Å². The van der Waals surface area contributed by atoms with Crippen LogP contribution < -0.4 is 0 Å². The van der Waals surface area contributed by atoms with Crippen LogP contribution in [0.15, 0.2) is 11.2 Å². The first-order valence-corrected chi connectivity index (χ1v) is 5.81.